The molecule has 3 rings (SSSR count). The van der Waals surface area contributed by atoms with Gasteiger partial charge in [0.1, 0.15) is 5.75 Å². The lowest BCUT2D eigenvalue weighted by Crippen LogP contribution is -2.27. The van der Waals surface area contributed by atoms with E-state index in [0.29, 0.717) is 29.4 Å². The Morgan fingerprint density at radius 1 is 0.938 bits per heavy atom. The maximum Gasteiger partial charge on any atom is 0.264 e. The van der Waals surface area contributed by atoms with Gasteiger partial charge in [0.2, 0.25) is 0 Å². The molecule has 0 radical (unpaired) electrons. The SMILES string of the molecule is CN(c1ccccc1)S(=O)(=O)c1ccc(C(=O)NCCCCOc2ccc(Cl)cc2)cc1. The van der Waals surface area contributed by atoms with Gasteiger partial charge in [-0.05, 0) is 73.5 Å². The van der Waals surface area contributed by atoms with Gasteiger partial charge >= 0.3 is 0 Å². The number of hydrogen-bond donors (Lipinski definition) is 1. The molecule has 3 aromatic rings. The number of rotatable bonds is 10. The average molecular weight is 473 g/mol. The number of nitrogens with zero attached hydrogens (tertiary/aromatic N) is 1. The number of nitrogens with one attached hydrogen (secondary N) is 1. The fourth-order valence-electron chi connectivity index (χ4n) is 2.96. The van der Waals surface area contributed by atoms with E-state index in [9.17, 15) is 13.2 Å². The highest BCUT2D eigenvalue weighted by atomic mass is 35.5. The molecule has 0 fully saturated rings. The molecule has 0 aliphatic heterocycles. The maximum absolute atomic E-state index is 12.8. The van der Waals surface area contributed by atoms with Gasteiger partial charge < -0.3 is 10.1 Å². The lowest BCUT2D eigenvalue weighted by atomic mass is 10.2. The first-order valence-electron chi connectivity index (χ1n) is 10.2. The van der Waals surface area contributed by atoms with Gasteiger partial charge in [-0.15, -0.1) is 0 Å². The molecule has 6 nitrogen and oxygen atoms in total. The molecule has 0 atom stereocenters. The Balaban J connectivity index is 1.46. The third-order valence-corrected chi connectivity index (χ3v) is 6.89. The lowest BCUT2D eigenvalue weighted by molar-refractivity contribution is 0.0952. The Morgan fingerprint density at radius 2 is 1.59 bits per heavy atom. The quantitative estimate of drug-likeness (QED) is 0.432. The Bertz CT molecular complexity index is 1120. The highest BCUT2D eigenvalue weighted by molar-refractivity contribution is 7.92. The summed E-state index contributed by atoms with van der Waals surface area (Å²) in [6.45, 7) is 1.04. The van der Waals surface area contributed by atoms with Gasteiger partial charge in [-0.1, -0.05) is 29.8 Å². The number of hydrogen-bond acceptors (Lipinski definition) is 4. The predicted octanol–water partition coefficient (Wildman–Crippen LogP) is 4.75. The summed E-state index contributed by atoms with van der Waals surface area (Å²) in [6, 6.07) is 21.9. The largest absolute Gasteiger partial charge is 0.494 e. The van der Waals surface area contributed by atoms with Crippen LogP contribution in [0, 0.1) is 0 Å². The Morgan fingerprint density at radius 3 is 2.25 bits per heavy atom. The summed E-state index contributed by atoms with van der Waals surface area (Å²) >= 11 is 5.84. The molecular weight excluding hydrogens is 448 g/mol. The molecule has 0 saturated carbocycles. The summed E-state index contributed by atoms with van der Waals surface area (Å²) in [6.07, 6.45) is 1.54. The standard InChI is InChI=1S/C24H25ClN2O4S/c1-27(21-7-3-2-4-8-21)32(29,30)23-15-9-19(10-16-23)24(28)26-17-5-6-18-31-22-13-11-20(25)12-14-22/h2-4,7-16H,5-6,17-18H2,1H3,(H,26,28). The van der Waals surface area contributed by atoms with Crippen LogP contribution in [0.15, 0.2) is 83.8 Å². The van der Waals surface area contributed by atoms with Crippen LogP contribution in [0.25, 0.3) is 0 Å². The number of carbonyl (C=O) groups is 1. The number of halogens is 1. The zero-order valence-corrected chi connectivity index (χ0v) is 19.3. The zero-order valence-electron chi connectivity index (χ0n) is 17.7. The van der Waals surface area contributed by atoms with Gasteiger partial charge in [0.05, 0.1) is 17.2 Å². The van der Waals surface area contributed by atoms with Crippen molar-refractivity contribution in [3.05, 3.63) is 89.4 Å². The van der Waals surface area contributed by atoms with Crippen LogP contribution in [0.1, 0.15) is 23.2 Å². The van der Waals surface area contributed by atoms with Gasteiger partial charge in [-0.3, -0.25) is 9.10 Å². The normalized spacial score (nSPS) is 11.1. The average Bonchev–Trinajstić information content (AvgIpc) is 2.82. The highest BCUT2D eigenvalue weighted by Crippen LogP contribution is 2.22. The molecule has 0 aliphatic carbocycles. The van der Waals surface area contributed by atoms with Crippen LogP contribution in [-0.2, 0) is 10.0 Å². The van der Waals surface area contributed by atoms with Gasteiger partial charge in [-0.2, -0.15) is 0 Å². The molecule has 0 spiro atoms. The van der Waals surface area contributed by atoms with Crippen molar-refractivity contribution >= 4 is 33.2 Å². The minimum Gasteiger partial charge on any atom is -0.494 e. The third kappa shape index (κ3) is 6.24. The Hall–Kier alpha value is -3.03. The molecule has 8 heteroatoms. The molecule has 1 N–H and O–H groups in total. The molecule has 1 amide bonds. The first kappa shape index (κ1) is 23.6. The van der Waals surface area contributed by atoms with E-state index in [1.165, 1.54) is 35.6 Å². The van der Waals surface area contributed by atoms with E-state index in [0.717, 1.165) is 18.6 Å². The number of sulfonamides is 1. The molecule has 3 aromatic carbocycles. The number of unbranched alkanes of at least 4 members (excludes halogenated alkanes) is 1. The van der Waals surface area contributed by atoms with Crippen LogP contribution in [-0.4, -0.2) is 34.5 Å². The van der Waals surface area contributed by atoms with Crippen LogP contribution in [0.3, 0.4) is 0 Å². The van der Waals surface area contributed by atoms with E-state index >= 15 is 0 Å². The van der Waals surface area contributed by atoms with E-state index in [2.05, 4.69) is 5.32 Å². The van der Waals surface area contributed by atoms with Crippen molar-refractivity contribution in [2.24, 2.45) is 0 Å². The van der Waals surface area contributed by atoms with E-state index < -0.39 is 10.0 Å². The predicted molar refractivity (Wildman–Crippen MR) is 127 cm³/mol. The van der Waals surface area contributed by atoms with Crippen molar-refractivity contribution in [1.82, 2.24) is 5.32 Å². The number of ether oxygens (including phenoxy) is 1. The molecule has 0 saturated heterocycles. The molecule has 0 bridgehead atoms. The van der Waals surface area contributed by atoms with Crippen molar-refractivity contribution in [1.29, 1.82) is 0 Å². The van der Waals surface area contributed by atoms with Crippen molar-refractivity contribution in [2.75, 3.05) is 24.5 Å². The molecule has 32 heavy (non-hydrogen) atoms. The Labute approximate surface area is 193 Å². The van der Waals surface area contributed by atoms with Crippen LogP contribution < -0.4 is 14.4 Å². The second kappa shape index (κ2) is 11.0. The van der Waals surface area contributed by atoms with Gasteiger partial charge in [0.25, 0.3) is 15.9 Å². The monoisotopic (exact) mass is 472 g/mol. The second-order valence-electron chi connectivity index (χ2n) is 7.10. The van der Waals surface area contributed by atoms with Gasteiger partial charge in [0, 0.05) is 24.2 Å². The number of amides is 1. The summed E-state index contributed by atoms with van der Waals surface area (Å²) in [7, 11) is -2.20. The summed E-state index contributed by atoms with van der Waals surface area (Å²) in [5.41, 5.74) is 0.970. The molecule has 168 valence electrons. The van der Waals surface area contributed by atoms with Crippen LogP contribution in [0.4, 0.5) is 5.69 Å². The van der Waals surface area contributed by atoms with Gasteiger partial charge in [-0.25, -0.2) is 8.42 Å². The number of carbonyl (C=O) groups excluding carboxylic acids is 1. The number of anilines is 1. The topological polar surface area (TPSA) is 75.7 Å². The molecule has 0 aromatic heterocycles. The summed E-state index contributed by atoms with van der Waals surface area (Å²) in [5, 5.41) is 3.50. The molecule has 0 heterocycles. The fourth-order valence-corrected chi connectivity index (χ4v) is 4.29. The Kier molecular flexibility index (Phi) is 8.14. The minimum absolute atomic E-state index is 0.125. The van der Waals surface area contributed by atoms with Crippen LogP contribution in [0.2, 0.25) is 5.02 Å². The van der Waals surface area contributed by atoms with Crippen LogP contribution >= 0.6 is 11.6 Å². The first-order valence-corrected chi connectivity index (χ1v) is 12.0. The van der Waals surface area contributed by atoms with E-state index in [-0.39, 0.29) is 10.8 Å². The fraction of sp³-hybridized carbons (Fsp3) is 0.208. The number of para-hydroxylation sites is 1. The molecule has 0 aliphatic rings. The van der Waals surface area contributed by atoms with Crippen molar-refractivity contribution in [2.45, 2.75) is 17.7 Å². The minimum atomic E-state index is -3.71. The van der Waals surface area contributed by atoms with E-state index in [1.807, 2.05) is 18.2 Å². The van der Waals surface area contributed by atoms with Gasteiger partial charge in [0.15, 0.2) is 0 Å². The summed E-state index contributed by atoms with van der Waals surface area (Å²) in [4.78, 5) is 12.5. The van der Waals surface area contributed by atoms with Crippen molar-refractivity contribution < 1.29 is 17.9 Å². The molecule has 0 unspecified atom stereocenters. The van der Waals surface area contributed by atoms with Crippen LogP contribution in [0.5, 0.6) is 5.75 Å². The highest BCUT2D eigenvalue weighted by Gasteiger charge is 2.21. The second-order valence-corrected chi connectivity index (χ2v) is 9.50. The van der Waals surface area contributed by atoms with Crippen molar-refractivity contribution in [3.8, 4) is 5.75 Å². The van der Waals surface area contributed by atoms with Crippen molar-refractivity contribution in [3.63, 3.8) is 0 Å². The summed E-state index contributed by atoms with van der Waals surface area (Å²) in [5.74, 6) is 0.510. The third-order valence-electron chi connectivity index (χ3n) is 4.83. The lowest BCUT2D eigenvalue weighted by Gasteiger charge is -2.19. The summed E-state index contributed by atoms with van der Waals surface area (Å²) < 4.78 is 32.5. The zero-order chi connectivity index (χ0) is 23.0. The molecular formula is C24H25ClN2O4S. The smallest absolute Gasteiger partial charge is 0.264 e. The van der Waals surface area contributed by atoms with E-state index in [1.54, 1.807) is 36.4 Å². The van der Waals surface area contributed by atoms with E-state index in [4.69, 9.17) is 16.3 Å². The first-order chi connectivity index (χ1) is 15.4. The maximum atomic E-state index is 12.8. The number of benzene rings is 3.